The third kappa shape index (κ3) is 5.83. The first-order chi connectivity index (χ1) is 15.7. The third-order valence-corrected chi connectivity index (χ3v) is 11.5. The summed E-state index contributed by atoms with van der Waals surface area (Å²) in [6.07, 6.45) is 3.17. The highest BCUT2D eigenvalue weighted by Gasteiger charge is 2.50. The molecule has 5 nitrogen and oxygen atoms in total. The molecule has 0 saturated carbocycles. The first-order valence-electron chi connectivity index (χ1n) is 11.8. The highest BCUT2D eigenvalue weighted by Crippen LogP contribution is 2.40. The van der Waals surface area contributed by atoms with Crippen molar-refractivity contribution < 1.29 is 18.7 Å². The van der Waals surface area contributed by atoms with Gasteiger partial charge in [0, 0.05) is 0 Å². The van der Waals surface area contributed by atoms with Gasteiger partial charge in [-0.15, -0.1) is 0 Å². The van der Waals surface area contributed by atoms with Crippen LogP contribution in [0.15, 0.2) is 72.8 Å². The molecule has 5 atom stereocenters. The van der Waals surface area contributed by atoms with E-state index in [2.05, 4.69) is 75.8 Å². The van der Waals surface area contributed by atoms with Crippen LogP contribution in [0.3, 0.4) is 0 Å². The molecule has 2 aliphatic heterocycles. The highest BCUT2D eigenvalue weighted by atomic mass is 28.4. The fourth-order valence-corrected chi connectivity index (χ4v) is 5.27. The zero-order valence-corrected chi connectivity index (χ0v) is 21.4. The second-order valence-corrected chi connectivity index (χ2v) is 15.2. The summed E-state index contributed by atoms with van der Waals surface area (Å²) in [4.78, 5) is 6.01. The summed E-state index contributed by atoms with van der Waals surface area (Å²) >= 11 is 0. The molecule has 178 valence electrons. The minimum Gasteiger partial charge on any atom is -0.408 e. The largest absolute Gasteiger partial charge is 0.408 e. The Morgan fingerprint density at radius 2 is 1.33 bits per heavy atom. The summed E-state index contributed by atoms with van der Waals surface area (Å²) in [6.45, 7) is 12.3. The second kappa shape index (κ2) is 10.2. The van der Waals surface area contributed by atoms with Gasteiger partial charge in [-0.05, 0) is 29.3 Å². The Balaban J connectivity index is 1.61. The van der Waals surface area contributed by atoms with E-state index in [0.29, 0.717) is 13.2 Å². The summed E-state index contributed by atoms with van der Waals surface area (Å²) < 4.78 is 20.1. The molecule has 6 heteroatoms. The quantitative estimate of drug-likeness (QED) is 0.417. The number of hydroxylamine groups is 1. The summed E-state index contributed by atoms with van der Waals surface area (Å²) in [5.41, 5.74) is 5.45. The maximum absolute atomic E-state index is 7.04. The lowest BCUT2D eigenvalue weighted by Crippen LogP contribution is -2.55. The molecule has 3 aliphatic rings. The molecule has 1 fully saturated rings. The van der Waals surface area contributed by atoms with Crippen molar-refractivity contribution in [1.82, 2.24) is 5.48 Å². The molecule has 0 aromatic heterocycles. The van der Waals surface area contributed by atoms with Crippen molar-refractivity contribution in [2.75, 3.05) is 0 Å². The number of rotatable bonds is 8. The van der Waals surface area contributed by atoms with Gasteiger partial charge in [0.05, 0.1) is 19.3 Å². The van der Waals surface area contributed by atoms with Gasteiger partial charge in [-0.1, -0.05) is 93.6 Å². The first kappa shape index (κ1) is 24.3. The number of nitrogens with one attached hydrogen (secondary N) is 1. The minimum atomic E-state index is -2.12. The van der Waals surface area contributed by atoms with Gasteiger partial charge in [-0.3, -0.25) is 4.84 Å². The van der Waals surface area contributed by atoms with Crippen molar-refractivity contribution in [2.24, 2.45) is 0 Å². The van der Waals surface area contributed by atoms with Gasteiger partial charge in [0.25, 0.3) is 0 Å². The smallest absolute Gasteiger partial charge is 0.192 e. The zero-order valence-electron chi connectivity index (χ0n) is 20.4. The van der Waals surface area contributed by atoms with E-state index in [0.717, 1.165) is 11.1 Å². The van der Waals surface area contributed by atoms with E-state index in [1.807, 2.05) is 36.4 Å². The first-order valence-corrected chi connectivity index (χ1v) is 14.7. The number of benzene rings is 2. The zero-order chi connectivity index (χ0) is 23.5. The van der Waals surface area contributed by atoms with Crippen molar-refractivity contribution >= 4 is 8.32 Å². The molecular formula is C27H37NO4Si. The molecule has 0 amide bonds. The van der Waals surface area contributed by atoms with E-state index in [1.54, 1.807) is 0 Å². The van der Waals surface area contributed by atoms with E-state index < -0.39 is 8.32 Å². The molecule has 2 aromatic rings. The Morgan fingerprint density at radius 3 is 1.82 bits per heavy atom. The molecule has 0 spiro atoms. The number of fused-ring (bicyclic) bond motifs is 3. The predicted molar refractivity (Wildman–Crippen MR) is 133 cm³/mol. The van der Waals surface area contributed by atoms with Crippen molar-refractivity contribution in [3.8, 4) is 0 Å². The molecule has 0 radical (unpaired) electrons. The molecule has 1 N–H and O–H groups in total. The fourth-order valence-electron chi connectivity index (χ4n) is 3.97. The molecule has 33 heavy (non-hydrogen) atoms. The van der Waals surface area contributed by atoms with Crippen molar-refractivity contribution in [3.05, 3.63) is 83.9 Å². The van der Waals surface area contributed by atoms with Crippen LogP contribution in [0.25, 0.3) is 0 Å². The second-order valence-electron chi connectivity index (χ2n) is 10.5. The molecule has 1 aliphatic carbocycles. The lowest BCUT2D eigenvalue weighted by molar-refractivity contribution is -0.130. The van der Waals surface area contributed by atoms with Gasteiger partial charge in [-0.25, -0.2) is 0 Å². The minimum absolute atomic E-state index is 0.0635. The van der Waals surface area contributed by atoms with E-state index in [-0.39, 0.29) is 35.5 Å². The summed E-state index contributed by atoms with van der Waals surface area (Å²) in [7, 11) is -2.12. The van der Waals surface area contributed by atoms with Gasteiger partial charge in [0.1, 0.15) is 24.4 Å². The van der Waals surface area contributed by atoms with Crippen molar-refractivity contribution in [3.63, 3.8) is 0 Å². The number of hydrogen-bond donors (Lipinski definition) is 1. The predicted octanol–water partition coefficient (Wildman–Crippen LogP) is 5.39. The van der Waals surface area contributed by atoms with Gasteiger partial charge >= 0.3 is 0 Å². The molecule has 1 saturated heterocycles. The Kier molecular flexibility index (Phi) is 7.53. The van der Waals surface area contributed by atoms with Gasteiger partial charge in [0.15, 0.2) is 8.32 Å². The standard InChI is InChI=1S/C27H37NO4Si/c1-27(2,3)33(4,5)32-26-24(29-18-20-12-8-6-9-13-20)22-16-17-23(31-28-22)25(26)30-19-21-14-10-7-11-15-21/h6-17,22-26,28H,18-19H2,1-5H3/t22-,23+,24+,25-,26-/m1/s1. The van der Waals surface area contributed by atoms with E-state index >= 15 is 0 Å². The fraction of sp³-hybridized carbons (Fsp3) is 0.481. The van der Waals surface area contributed by atoms with Crippen LogP contribution in [0.2, 0.25) is 18.1 Å². The average Bonchev–Trinajstić information content (AvgIpc) is 3.01. The maximum Gasteiger partial charge on any atom is 0.192 e. The van der Waals surface area contributed by atoms with Crippen LogP contribution in [-0.2, 0) is 32.0 Å². The van der Waals surface area contributed by atoms with Crippen LogP contribution >= 0.6 is 0 Å². The van der Waals surface area contributed by atoms with Crippen LogP contribution in [0.4, 0.5) is 0 Å². The molecular weight excluding hydrogens is 430 g/mol. The van der Waals surface area contributed by atoms with Crippen LogP contribution in [0.5, 0.6) is 0 Å². The van der Waals surface area contributed by atoms with E-state index in [1.165, 1.54) is 0 Å². The van der Waals surface area contributed by atoms with Crippen LogP contribution in [-0.4, -0.2) is 38.8 Å². The third-order valence-electron chi connectivity index (χ3n) is 6.98. The summed E-state index contributed by atoms with van der Waals surface area (Å²) in [5.74, 6) is 0. The van der Waals surface area contributed by atoms with E-state index in [4.69, 9.17) is 18.7 Å². The number of ether oxygens (including phenoxy) is 2. The molecule has 0 unspecified atom stereocenters. The lowest BCUT2D eigenvalue weighted by Gasteiger charge is -2.43. The van der Waals surface area contributed by atoms with Crippen LogP contribution < -0.4 is 5.48 Å². The molecule has 2 heterocycles. The van der Waals surface area contributed by atoms with Gasteiger partial charge < -0.3 is 13.9 Å². The number of hydrogen-bond acceptors (Lipinski definition) is 5. The monoisotopic (exact) mass is 467 g/mol. The lowest BCUT2D eigenvalue weighted by atomic mass is 10.0. The normalized spacial score (nSPS) is 27.5. The van der Waals surface area contributed by atoms with E-state index in [9.17, 15) is 0 Å². The molecule has 2 aromatic carbocycles. The summed E-state index contributed by atoms with van der Waals surface area (Å²) in [6, 6.07) is 20.4. The maximum atomic E-state index is 7.04. The SMILES string of the molecule is CC(C)(C)[Si](C)(C)O[C@@H]1[C@@H](OCc2ccccc2)[C@H]2C=C[C@H](ON2)[C@H]1OCc1ccccc1. The Bertz CT molecular complexity index is 851. The Labute approximate surface area is 199 Å². The van der Waals surface area contributed by atoms with Crippen molar-refractivity contribution in [1.29, 1.82) is 0 Å². The Hall–Kier alpha value is -1.80. The summed E-state index contributed by atoms with van der Waals surface area (Å²) in [5, 5.41) is 0.0635. The van der Waals surface area contributed by atoms with Crippen LogP contribution in [0, 0.1) is 0 Å². The average molecular weight is 468 g/mol. The molecule has 5 rings (SSSR count). The topological polar surface area (TPSA) is 49.0 Å². The molecule has 2 bridgehead atoms. The highest BCUT2D eigenvalue weighted by molar-refractivity contribution is 6.74. The van der Waals surface area contributed by atoms with Crippen LogP contribution in [0.1, 0.15) is 31.9 Å². The van der Waals surface area contributed by atoms with Gasteiger partial charge in [0.2, 0.25) is 0 Å². The van der Waals surface area contributed by atoms with Gasteiger partial charge in [-0.2, -0.15) is 5.48 Å². The van der Waals surface area contributed by atoms with Crippen molar-refractivity contribution in [2.45, 2.75) is 82.6 Å². The Morgan fingerprint density at radius 1 is 0.788 bits per heavy atom.